The molecule has 1 saturated heterocycles. The molecule has 1 aromatic rings. The van der Waals surface area contributed by atoms with Crippen LogP contribution in [0.25, 0.3) is 0 Å². The molecule has 0 bridgehead atoms. The van der Waals surface area contributed by atoms with Crippen molar-refractivity contribution in [3.8, 4) is 0 Å². The topological polar surface area (TPSA) is 50.4 Å². The number of nitrogens with zero attached hydrogens (tertiary/aromatic N) is 2. The molecule has 1 aromatic heterocycles. The lowest BCUT2D eigenvalue weighted by Crippen LogP contribution is -2.28. The fourth-order valence-corrected chi connectivity index (χ4v) is 2.82. The number of thioether (sulfide) groups is 1. The van der Waals surface area contributed by atoms with Crippen molar-refractivity contribution in [1.82, 2.24) is 10.3 Å². The summed E-state index contributed by atoms with van der Waals surface area (Å²) in [5.74, 6) is 3.36. The third-order valence-electron chi connectivity index (χ3n) is 2.53. The fourth-order valence-electron chi connectivity index (χ4n) is 1.84. The highest BCUT2D eigenvalue weighted by Crippen LogP contribution is 2.19. The van der Waals surface area contributed by atoms with Crippen LogP contribution < -0.4 is 5.32 Å². The zero-order valence-corrected chi connectivity index (χ0v) is 11.4. The Morgan fingerprint density at radius 2 is 2.47 bits per heavy atom. The van der Waals surface area contributed by atoms with Crippen LogP contribution in [0.5, 0.6) is 0 Å². The summed E-state index contributed by atoms with van der Waals surface area (Å²) in [6.07, 6.45) is 2.93. The van der Waals surface area contributed by atoms with Crippen molar-refractivity contribution < 1.29 is 4.42 Å². The number of aromatic nitrogens is 1. The van der Waals surface area contributed by atoms with Crippen LogP contribution in [0.3, 0.4) is 0 Å². The van der Waals surface area contributed by atoms with Crippen molar-refractivity contribution in [2.45, 2.75) is 39.8 Å². The molecule has 94 valence electrons. The second-order valence-corrected chi connectivity index (χ2v) is 5.78. The van der Waals surface area contributed by atoms with Crippen LogP contribution in [0, 0.1) is 12.8 Å². The van der Waals surface area contributed by atoms with E-state index in [0.29, 0.717) is 18.5 Å². The quantitative estimate of drug-likeness (QED) is 0.896. The molecule has 1 unspecified atom stereocenters. The molecule has 17 heavy (non-hydrogen) atoms. The minimum absolute atomic E-state index is 0.525. The number of oxazole rings is 1. The summed E-state index contributed by atoms with van der Waals surface area (Å²) in [5.41, 5.74) is 0. The van der Waals surface area contributed by atoms with Gasteiger partial charge in [0.1, 0.15) is 12.3 Å². The molecule has 4 nitrogen and oxygen atoms in total. The minimum atomic E-state index is 0.525. The van der Waals surface area contributed by atoms with Crippen LogP contribution in [0.2, 0.25) is 0 Å². The number of rotatable bonds is 4. The molecule has 0 aromatic carbocycles. The highest BCUT2D eigenvalue weighted by molar-refractivity contribution is 8.14. The van der Waals surface area contributed by atoms with E-state index in [2.05, 4.69) is 29.1 Å². The van der Waals surface area contributed by atoms with E-state index in [1.165, 1.54) is 6.42 Å². The first-order valence-corrected chi connectivity index (χ1v) is 6.97. The summed E-state index contributed by atoms with van der Waals surface area (Å²) in [7, 11) is 0. The molecule has 2 heterocycles. The molecule has 2 rings (SSSR count). The Hall–Kier alpha value is -0.970. The first-order chi connectivity index (χ1) is 8.13. The summed E-state index contributed by atoms with van der Waals surface area (Å²) in [5, 5.41) is 4.46. The Morgan fingerprint density at radius 1 is 1.65 bits per heavy atom. The van der Waals surface area contributed by atoms with Gasteiger partial charge in [0.2, 0.25) is 5.89 Å². The molecule has 0 saturated carbocycles. The van der Waals surface area contributed by atoms with E-state index in [0.717, 1.165) is 22.6 Å². The SMILES string of the molecule is Cc1cnc(CN=C2NC(CC(C)C)CS2)o1. The van der Waals surface area contributed by atoms with Gasteiger partial charge in [0.15, 0.2) is 5.17 Å². The van der Waals surface area contributed by atoms with Crippen molar-refractivity contribution >= 4 is 16.9 Å². The largest absolute Gasteiger partial charge is 0.444 e. The smallest absolute Gasteiger partial charge is 0.216 e. The van der Waals surface area contributed by atoms with Crippen LogP contribution in [-0.4, -0.2) is 21.9 Å². The van der Waals surface area contributed by atoms with Gasteiger partial charge in [-0.25, -0.2) is 4.98 Å². The summed E-state index contributed by atoms with van der Waals surface area (Å²) in [6.45, 7) is 6.91. The van der Waals surface area contributed by atoms with Gasteiger partial charge >= 0.3 is 0 Å². The highest BCUT2D eigenvalue weighted by atomic mass is 32.2. The second kappa shape index (κ2) is 5.58. The van der Waals surface area contributed by atoms with Crippen molar-refractivity contribution in [1.29, 1.82) is 0 Å². The van der Waals surface area contributed by atoms with Gasteiger partial charge in [-0.1, -0.05) is 25.6 Å². The van der Waals surface area contributed by atoms with E-state index in [1.54, 1.807) is 18.0 Å². The Bertz CT molecular complexity index is 400. The lowest BCUT2D eigenvalue weighted by molar-refractivity contribution is 0.473. The third kappa shape index (κ3) is 3.77. The molecule has 0 spiro atoms. The zero-order valence-electron chi connectivity index (χ0n) is 10.6. The fraction of sp³-hybridized carbons (Fsp3) is 0.667. The van der Waals surface area contributed by atoms with E-state index in [9.17, 15) is 0 Å². The van der Waals surface area contributed by atoms with E-state index < -0.39 is 0 Å². The van der Waals surface area contributed by atoms with Crippen LogP contribution in [0.4, 0.5) is 0 Å². The van der Waals surface area contributed by atoms with Gasteiger partial charge in [-0.3, -0.25) is 4.99 Å². The van der Waals surface area contributed by atoms with Crippen molar-refractivity contribution in [2.24, 2.45) is 10.9 Å². The third-order valence-corrected chi connectivity index (χ3v) is 3.62. The van der Waals surface area contributed by atoms with Crippen molar-refractivity contribution in [3.05, 3.63) is 17.8 Å². The molecular weight excluding hydrogens is 234 g/mol. The van der Waals surface area contributed by atoms with E-state index in [4.69, 9.17) is 4.42 Å². The van der Waals surface area contributed by atoms with Gasteiger partial charge in [0.25, 0.3) is 0 Å². The Morgan fingerprint density at radius 3 is 3.12 bits per heavy atom. The second-order valence-electron chi connectivity index (χ2n) is 4.77. The maximum absolute atomic E-state index is 5.38. The van der Waals surface area contributed by atoms with Gasteiger partial charge in [-0.2, -0.15) is 0 Å². The maximum atomic E-state index is 5.38. The van der Waals surface area contributed by atoms with Gasteiger partial charge in [-0.05, 0) is 19.3 Å². The lowest BCUT2D eigenvalue weighted by Gasteiger charge is -2.11. The summed E-state index contributed by atoms with van der Waals surface area (Å²) < 4.78 is 5.38. The number of aryl methyl sites for hydroxylation is 1. The van der Waals surface area contributed by atoms with Gasteiger partial charge in [0, 0.05) is 11.8 Å². The molecule has 1 aliphatic rings. The Kier molecular flexibility index (Phi) is 4.10. The zero-order chi connectivity index (χ0) is 12.3. The Labute approximate surface area is 106 Å². The first-order valence-electron chi connectivity index (χ1n) is 5.98. The summed E-state index contributed by atoms with van der Waals surface area (Å²) in [4.78, 5) is 8.61. The molecule has 1 fully saturated rings. The van der Waals surface area contributed by atoms with Gasteiger partial charge in [0.05, 0.1) is 6.20 Å². The molecule has 0 amide bonds. The standard InChI is InChI=1S/C12H19N3OS/c1-8(2)4-10-7-17-12(15-10)14-6-11-13-5-9(3)16-11/h5,8,10H,4,6-7H2,1-3H3,(H,14,15). The number of hydrogen-bond acceptors (Lipinski definition) is 4. The van der Waals surface area contributed by atoms with Crippen molar-refractivity contribution in [2.75, 3.05) is 5.75 Å². The molecular formula is C12H19N3OS. The average Bonchev–Trinajstić information content (AvgIpc) is 2.84. The average molecular weight is 253 g/mol. The van der Waals surface area contributed by atoms with Gasteiger partial charge in [-0.15, -0.1) is 0 Å². The van der Waals surface area contributed by atoms with Gasteiger partial charge < -0.3 is 9.73 Å². The predicted octanol–water partition coefficient (Wildman–Crippen LogP) is 2.59. The Balaban J connectivity index is 1.83. The number of amidine groups is 1. The highest BCUT2D eigenvalue weighted by Gasteiger charge is 2.20. The normalized spacial score (nSPS) is 22.4. The van der Waals surface area contributed by atoms with Crippen LogP contribution in [0.15, 0.2) is 15.6 Å². The number of aliphatic imine (C=N–C) groups is 1. The van der Waals surface area contributed by atoms with Crippen molar-refractivity contribution in [3.63, 3.8) is 0 Å². The maximum Gasteiger partial charge on any atom is 0.216 e. The molecule has 5 heteroatoms. The predicted molar refractivity (Wildman–Crippen MR) is 71.2 cm³/mol. The molecule has 1 atom stereocenters. The molecule has 1 N–H and O–H groups in total. The molecule has 0 aliphatic carbocycles. The van der Waals surface area contributed by atoms with Crippen LogP contribution in [-0.2, 0) is 6.54 Å². The van der Waals surface area contributed by atoms with Crippen LogP contribution >= 0.6 is 11.8 Å². The lowest BCUT2D eigenvalue weighted by atomic mass is 10.1. The van der Waals surface area contributed by atoms with E-state index in [1.807, 2.05) is 6.92 Å². The van der Waals surface area contributed by atoms with Crippen LogP contribution in [0.1, 0.15) is 31.9 Å². The number of nitrogens with one attached hydrogen (secondary N) is 1. The number of hydrogen-bond donors (Lipinski definition) is 1. The molecule has 1 aliphatic heterocycles. The minimum Gasteiger partial charge on any atom is -0.444 e. The monoisotopic (exact) mass is 253 g/mol. The van der Waals surface area contributed by atoms with E-state index in [-0.39, 0.29) is 0 Å². The molecule has 0 radical (unpaired) electrons. The summed E-state index contributed by atoms with van der Waals surface area (Å²) >= 11 is 1.79. The summed E-state index contributed by atoms with van der Waals surface area (Å²) in [6, 6.07) is 0.560. The first kappa shape index (κ1) is 12.5. The van der Waals surface area contributed by atoms with E-state index >= 15 is 0 Å².